The van der Waals surface area contributed by atoms with E-state index < -0.39 is 0 Å². The number of carbonyl (C=O) groups excluding carboxylic acids is 1. The Bertz CT molecular complexity index is 880. The number of hydrogen-bond acceptors (Lipinski definition) is 4. The highest BCUT2D eigenvalue weighted by atomic mass is 35.5. The second-order valence-electron chi connectivity index (χ2n) is 5.47. The summed E-state index contributed by atoms with van der Waals surface area (Å²) < 4.78 is 5.39. The van der Waals surface area contributed by atoms with Gasteiger partial charge >= 0.3 is 0 Å². The van der Waals surface area contributed by atoms with Crippen molar-refractivity contribution in [3.8, 4) is 5.75 Å². The maximum atomic E-state index is 12.4. The van der Waals surface area contributed by atoms with Crippen molar-refractivity contribution in [1.82, 2.24) is 4.98 Å². The average Bonchev–Trinajstić information content (AvgIpc) is 2.66. The fourth-order valence-electron chi connectivity index (χ4n) is 2.33. The van der Waals surface area contributed by atoms with Gasteiger partial charge in [-0.05, 0) is 67.6 Å². The molecule has 0 aliphatic rings. The monoisotopic (exact) mass is 367 g/mol. The number of amides is 1. The second kappa shape index (κ2) is 8.36. The van der Waals surface area contributed by atoms with Crippen LogP contribution in [-0.2, 0) is 0 Å². The summed E-state index contributed by atoms with van der Waals surface area (Å²) in [7, 11) is 0. The number of aromatic nitrogens is 1. The molecule has 1 heterocycles. The minimum atomic E-state index is -0.283. The van der Waals surface area contributed by atoms with E-state index in [2.05, 4.69) is 15.6 Å². The first-order chi connectivity index (χ1) is 12.6. The van der Waals surface area contributed by atoms with Gasteiger partial charge in [-0.3, -0.25) is 9.78 Å². The molecule has 0 bridgehead atoms. The fraction of sp³-hybridized carbons (Fsp3) is 0.100. The van der Waals surface area contributed by atoms with Crippen molar-refractivity contribution < 1.29 is 9.53 Å². The zero-order chi connectivity index (χ0) is 18.4. The largest absolute Gasteiger partial charge is 0.494 e. The van der Waals surface area contributed by atoms with Gasteiger partial charge in [0.25, 0.3) is 5.91 Å². The number of hydrogen-bond donors (Lipinski definition) is 2. The van der Waals surface area contributed by atoms with E-state index in [0.29, 0.717) is 23.0 Å². The summed E-state index contributed by atoms with van der Waals surface area (Å²) >= 11 is 5.89. The molecular weight excluding hydrogens is 350 g/mol. The summed E-state index contributed by atoms with van der Waals surface area (Å²) in [6.07, 6.45) is 1.59. The van der Waals surface area contributed by atoms with Crippen LogP contribution in [0.1, 0.15) is 17.4 Å². The van der Waals surface area contributed by atoms with Crippen molar-refractivity contribution in [3.05, 3.63) is 77.6 Å². The van der Waals surface area contributed by atoms with Gasteiger partial charge in [0.1, 0.15) is 11.4 Å². The van der Waals surface area contributed by atoms with E-state index in [0.717, 1.165) is 17.1 Å². The number of benzene rings is 2. The predicted molar refractivity (Wildman–Crippen MR) is 105 cm³/mol. The standard InChI is InChI=1S/C20H18ClN3O2/c1-2-26-18-9-7-16(8-10-18)24-20(25)19-13-17(11-12-22-19)23-15-5-3-14(21)4-6-15/h3-13H,2H2,1H3,(H,22,23)(H,24,25). The van der Waals surface area contributed by atoms with Crippen LogP contribution in [-0.4, -0.2) is 17.5 Å². The highest BCUT2D eigenvalue weighted by Crippen LogP contribution is 2.20. The maximum Gasteiger partial charge on any atom is 0.274 e. The van der Waals surface area contributed by atoms with Crippen LogP contribution in [0.3, 0.4) is 0 Å². The van der Waals surface area contributed by atoms with Crippen LogP contribution in [0.4, 0.5) is 17.1 Å². The molecule has 0 spiro atoms. The normalized spacial score (nSPS) is 10.2. The van der Waals surface area contributed by atoms with Crippen molar-refractivity contribution in [2.75, 3.05) is 17.2 Å². The summed E-state index contributed by atoms with van der Waals surface area (Å²) in [5.41, 5.74) is 2.63. The molecule has 0 atom stereocenters. The first kappa shape index (κ1) is 17.8. The molecule has 0 saturated heterocycles. The fourth-order valence-corrected chi connectivity index (χ4v) is 2.45. The Hall–Kier alpha value is -3.05. The van der Waals surface area contributed by atoms with Crippen LogP contribution >= 0.6 is 11.6 Å². The molecule has 0 radical (unpaired) electrons. The van der Waals surface area contributed by atoms with Crippen molar-refractivity contribution >= 4 is 34.6 Å². The second-order valence-corrected chi connectivity index (χ2v) is 5.91. The molecule has 5 nitrogen and oxygen atoms in total. The van der Waals surface area contributed by atoms with Gasteiger partial charge in [0.15, 0.2) is 0 Å². The van der Waals surface area contributed by atoms with Gasteiger partial charge in [0.05, 0.1) is 6.61 Å². The number of anilines is 3. The molecule has 3 aromatic rings. The summed E-state index contributed by atoms with van der Waals surface area (Å²) in [4.78, 5) is 16.6. The minimum absolute atomic E-state index is 0.283. The van der Waals surface area contributed by atoms with E-state index in [1.54, 1.807) is 42.6 Å². The zero-order valence-corrected chi connectivity index (χ0v) is 15.0. The SMILES string of the molecule is CCOc1ccc(NC(=O)c2cc(Nc3ccc(Cl)cc3)ccn2)cc1. The lowest BCUT2D eigenvalue weighted by Gasteiger charge is -2.09. The van der Waals surface area contributed by atoms with Gasteiger partial charge in [-0.2, -0.15) is 0 Å². The van der Waals surface area contributed by atoms with E-state index in [4.69, 9.17) is 16.3 Å². The van der Waals surface area contributed by atoms with E-state index in [1.807, 2.05) is 31.2 Å². The molecule has 2 N–H and O–H groups in total. The number of carbonyl (C=O) groups is 1. The van der Waals surface area contributed by atoms with E-state index in [1.165, 1.54) is 0 Å². The molecule has 0 unspecified atom stereocenters. The lowest BCUT2D eigenvalue weighted by molar-refractivity contribution is 0.102. The first-order valence-electron chi connectivity index (χ1n) is 8.17. The average molecular weight is 368 g/mol. The van der Waals surface area contributed by atoms with Crippen LogP contribution in [0.15, 0.2) is 66.9 Å². The Morgan fingerprint density at radius 3 is 2.38 bits per heavy atom. The third kappa shape index (κ3) is 4.74. The van der Waals surface area contributed by atoms with Crippen LogP contribution in [0.25, 0.3) is 0 Å². The quantitative estimate of drug-likeness (QED) is 0.634. The summed E-state index contributed by atoms with van der Waals surface area (Å²) in [6.45, 7) is 2.52. The Morgan fingerprint density at radius 2 is 1.69 bits per heavy atom. The summed E-state index contributed by atoms with van der Waals surface area (Å²) in [5, 5.41) is 6.71. The van der Waals surface area contributed by atoms with Gasteiger partial charge in [0.2, 0.25) is 0 Å². The molecular formula is C20H18ClN3O2. The first-order valence-corrected chi connectivity index (χ1v) is 8.54. The van der Waals surface area contributed by atoms with Crippen molar-refractivity contribution in [2.24, 2.45) is 0 Å². The molecule has 0 saturated carbocycles. The number of nitrogens with zero attached hydrogens (tertiary/aromatic N) is 1. The van der Waals surface area contributed by atoms with Crippen LogP contribution in [0, 0.1) is 0 Å². The van der Waals surface area contributed by atoms with Crippen molar-refractivity contribution in [2.45, 2.75) is 6.92 Å². The third-order valence-corrected chi connectivity index (χ3v) is 3.80. The van der Waals surface area contributed by atoms with Gasteiger partial charge in [-0.1, -0.05) is 11.6 Å². The molecule has 132 valence electrons. The van der Waals surface area contributed by atoms with Crippen molar-refractivity contribution in [1.29, 1.82) is 0 Å². The van der Waals surface area contributed by atoms with E-state index >= 15 is 0 Å². The van der Waals surface area contributed by atoms with Crippen molar-refractivity contribution in [3.63, 3.8) is 0 Å². The molecule has 26 heavy (non-hydrogen) atoms. The number of rotatable bonds is 6. The van der Waals surface area contributed by atoms with Crippen LogP contribution in [0.5, 0.6) is 5.75 Å². The highest BCUT2D eigenvalue weighted by molar-refractivity contribution is 6.30. The van der Waals surface area contributed by atoms with E-state index in [-0.39, 0.29) is 5.91 Å². The Labute approximate surface area is 157 Å². The van der Waals surface area contributed by atoms with Gasteiger partial charge in [-0.25, -0.2) is 0 Å². The molecule has 3 rings (SSSR count). The lowest BCUT2D eigenvalue weighted by atomic mass is 10.2. The van der Waals surface area contributed by atoms with Gasteiger partial charge in [0, 0.05) is 28.3 Å². The molecule has 0 aliphatic heterocycles. The number of halogens is 1. The molecule has 2 aromatic carbocycles. The minimum Gasteiger partial charge on any atom is -0.494 e. The molecule has 0 aliphatic carbocycles. The number of nitrogens with one attached hydrogen (secondary N) is 2. The molecule has 6 heteroatoms. The summed E-state index contributed by atoms with van der Waals surface area (Å²) in [5.74, 6) is 0.478. The number of pyridine rings is 1. The van der Waals surface area contributed by atoms with E-state index in [9.17, 15) is 4.79 Å². The number of ether oxygens (including phenoxy) is 1. The smallest absolute Gasteiger partial charge is 0.274 e. The zero-order valence-electron chi connectivity index (χ0n) is 14.2. The summed E-state index contributed by atoms with van der Waals surface area (Å²) in [6, 6.07) is 18.0. The molecule has 1 aromatic heterocycles. The van der Waals surface area contributed by atoms with Crippen LogP contribution < -0.4 is 15.4 Å². The Kier molecular flexibility index (Phi) is 5.71. The lowest BCUT2D eigenvalue weighted by Crippen LogP contribution is -2.13. The Balaban J connectivity index is 1.68. The molecule has 1 amide bonds. The Morgan fingerprint density at radius 1 is 1.00 bits per heavy atom. The third-order valence-electron chi connectivity index (χ3n) is 3.55. The maximum absolute atomic E-state index is 12.4. The van der Waals surface area contributed by atoms with Gasteiger partial charge < -0.3 is 15.4 Å². The topological polar surface area (TPSA) is 63.2 Å². The molecule has 0 fully saturated rings. The van der Waals surface area contributed by atoms with Crippen LogP contribution in [0.2, 0.25) is 5.02 Å². The highest BCUT2D eigenvalue weighted by Gasteiger charge is 2.09. The van der Waals surface area contributed by atoms with Gasteiger partial charge in [-0.15, -0.1) is 0 Å². The predicted octanol–water partition coefficient (Wildman–Crippen LogP) is 5.13.